The van der Waals surface area contributed by atoms with Crippen molar-refractivity contribution in [2.24, 2.45) is 0 Å². The molecule has 126 valence electrons. The monoisotopic (exact) mass is 325 g/mol. The van der Waals surface area contributed by atoms with Crippen LogP contribution in [0.15, 0.2) is 54.6 Å². The van der Waals surface area contributed by atoms with Gasteiger partial charge in [0.05, 0.1) is 6.54 Å². The standard InChI is InChI=1S/C19H23N3O2/c1-2-11-20-19(24)16-9-6-10-17(12-16)21-14-18(23)22-13-15-7-4-3-5-8-15/h3-10,12,21H,2,11,13-14H2,1H3,(H,20,24)(H,22,23). The van der Waals surface area contributed by atoms with E-state index in [9.17, 15) is 9.59 Å². The first-order valence-electron chi connectivity index (χ1n) is 8.12. The topological polar surface area (TPSA) is 70.2 Å². The zero-order chi connectivity index (χ0) is 17.2. The van der Waals surface area contributed by atoms with Crippen molar-refractivity contribution in [3.05, 3.63) is 65.7 Å². The Morgan fingerprint density at radius 3 is 2.50 bits per heavy atom. The number of anilines is 1. The fourth-order valence-corrected chi connectivity index (χ4v) is 2.15. The molecule has 0 spiro atoms. The lowest BCUT2D eigenvalue weighted by Crippen LogP contribution is -2.29. The van der Waals surface area contributed by atoms with E-state index in [0.717, 1.165) is 17.7 Å². The molecule has 0 saturated carbocycles. The molecule has 0 unspecified atom stereocenters. The van der Waals surface area contributed by atoms with Crippen LogP contribution in [0.3, 0.4) is 0 Å². The van der Waals surface area contributed by atoms with Crippen LogP contribution in [0.1, 0.15) is 29.3 Å². The van der Waals surface area contributed by atoms with Gasteiger partial charge in [-0.05, 0) is 30.2 Å². The molecule has 0 aliphatic rings. The highest BCUT2D eigenvalue weighted by Crippen LogP contribution is 2.10. The predicted octanol–water partition coefficient (Wildman–Crippen LogP) is 2.55. The van der Waals surface area contributed by atoms with Crippen molar-refractivity contribution in [1.29, 1.82) is 0 Å². The fourth-order valence-electron chi connectivity index (χ4n) is 2.15. The average molecular weight is 325 g/mol. The van der Waals surface area contributed by atoms with Crippen molar-refractivity contribution in [2.75, 3.05) is 18.4 Å². The number of amides is 2. The minimum Gasteiger partial charge on any atom is -0.376 e. The van der Waals surface area contributed by atoms with Crippen molar-refractivity contribution in [3.8, 4) is 0 Å². The summed E-state index contributed by atoms with van der Waals surface area (Å²) in [5, 5.41) is 8.73. The Morgan fingerprint density at radius 1 is 0.958 bits per heavy atom. The van der Waals surface area contributed by atoms with E-state index in [2.05, 4.69) is 16.0 Å². The van der Waals surface area contributed by atoms with Gasteiger partial charge in [-0.3, -0.25) is 9.59 Å². The molecule has 2 rings (SSSR count). The Morgan fingerprint density at radius 2 is 1.75 bits per heavy atom. The van der Waals surface area contributed by atoms with E-state index in [4.69, 9.17) is 0 Å². The summed E-state index contributed by atoms with van der Waals surface area (Å²) in [4.78, 5) is 23.8. The number of hydrogen-bond acceptors (Lipinski definition) is 3. The predicted molar refractivity (Wildman–Crippen MR) is 95.8 cm³/mol. The molecule has 0 aromatic heterocycles. The lowest BCUT2D eigenvalue weighted by atomic mass is 10.2. The van der Waals surface area contributed by atoms with Crippen molar-refractivity contribution in [1.82, 2.24) is 10.6 Å². The zero-order valence-electron chi connectivity index (χ0n) is 13.8. The van der Waals surface area contributed by atoms with Crippen LogP contribution in [0.2, 0.25) is 0 Å². The van der Waals surface area contributed by atoms with Crippen LogP contribution in [-0.4, -0.2) is 24.9 Å². The molecule has 0 heterocycles. The van der Waals surface area contributed by atoms with Gasteiger partial charge in [0.2, 0.25) is 5.91 Å². The number of rotatable bonds is 8. The molecule has 0 atom stereocenters. The molecular weight excluding hydrogens is 302 g/mol. The SMILES string of the molecule is CCCNC(=O)c1cccc(NCC(=O)NCc2ccccc2)c1. The molecule has 2 aromatic carbocycles. The van der Waals surface area contributed by atoms with Gasteiger partial charge in [0.15, 0.2) is 0 Å². The largest absolute Gasteiger partial charge is 0.376 e. The van der Waals surface area contributed by atoms with E-state index in [0.29, 0.717) is 18.7 Å². The molecule has 0 radical (unpaired) electrons. The molecule has 24 heavy (non-hydrogen) atoms. The minimum atomic E-state index is -0.103. The lowest BCUT2D eigenvalue weighted by Gasteiger charge is -2.09. The van der Waals surface area contributed by atoms with Crippen molar-refractivity contribution in [2.45, 2.75) is 19.9 Å². The fraction of sp³-hybridized carbons (Fsp3) is 0.263. The van der Waals surface area contributed by atoms with Gasteiger partial charge < -0.3 is 16.0 Å². The first-order valence-corrected chi connectivity index (χ1v) is 8.12. The summed E-state index contributed by atoms with van der Waals surface area (Å²) in [6.07, 6.45) is 0.894. The van der Waals surface area contributed by atoms with Crippen molar-refractivity contribution in [3.63, 3.8) is 0 Å². The smallest absolute Gasteiger partial charge is 0.251 e. The van der Waals surface area contributed by atoms with Crippen molar-refractivity contribution >= 4 is 17.5 Å². The average Bonchev–Trinajstić information content (AvgIpc) is 2.63. The molecule has 2 amide bonds. The number of hydrogen-bond donors (Lipinski definition) is 3. The molecule has 2 aromatic rings. The number of benzene rings is 2. The Kier molecular flexibility index (Phi) is 6.83. The third-order valence-corrected chi connectivity index (χ3v) is 3.45. The van der Waals surface area contributed by atoms with Crippen LogP contribution in [0, 0.1) is 0 Å². The maximum atomic E-state index is 11.9. The van der Waals surface area contributed by atoms with Crippen LogP contribution in [0.25, 0.3) is 0 Å². The first kappa shape index (κ1) is 17.5. The van der Waals surface area contributed by atoms with Crippen LogP contribution >= 0.6 is 0 Å². The summed E-state index contributed by atoms with van der Waals surface area (Å²) >= 11 is 0. The highest BCUT2D eigenvalue weighted by atomic mass is 16.2. The van der Waals surface area contributed by atoms with Gasteiger partial charge in [-0.25, -0.2) is 0 Å². The summed E-state index contributed by atoms with van der Waals surface area (Å²) in [6.45, 7) is 3.32. The second-order valence-electron chi connectivity index (χ2n) is 5.45. The Bertz CT molecular complexity index is 671. The van der Waals surface area contributed by atoms with Crippen LogP contribution in [0.5, 0.6) is 0 Å². The molecule has 0 fully saturated rings. The molecule has 5 nitrogen and oxygen atoms in total. The summed E-state index contributed by atoms with van der Waals surface area (Å²) < 4.78 is 0. The molecule has 0 bridgehead atoms. The normalized spacial score (nSPS) is 10.0. The van der Waals surface area contributed by atoms with Crippen LogP contribution in [0.4, 0.5) is 5.69 Å². The highest BCUT2D eigenvalue weighted by Gasteiger charge is 2.06. The van der Waals surface area contributed by atoms with Gasteiger partial charge in [0.25, 0.3) is 5.91 Å². The van der Waals surface area contributed by atoms with Crippen LogP contribution in [-0.2, 0) is 11.3 Å². The maximum Gasteiger partial charge on any atom is 0.251 e. The number of carbonyl (C=O) groups is 2. The Hall–Kier alpha value is -2.82. The Balaban J connectivity index is 1.81. The van der Waals surface area contributed by atoms with E-state index in [1.165, 1.54) is 0 Å². The van der Waals surface area contributed by atoms with Gasteiger partial charge in [-0.2, -0.15) is 0 Å². The highest BCUT2D eigenvalue weighted by molar-refractivity contribution is 5.95. The van der Waals surface area contributed by atoms with Gasteiger partial charge in [-0.15, -0.1) is 0 Å². The summed E-state index contributed by atoms with van der Waals surface area (Å²) in [6, 6.07) is 16.9. The number of nitrogens with one attached hydrogen (secondary N) is 3. The van der Waals surface area contributed by atoms with E-state index >= 15 is 0 Å². The maximum absolute atomic E-state index is 11.9. The lowest BCUT2D eigenvalue weighted by molar-refractivity contribution is -0.119. The summed E-state index contributed by atoms with van der Waals surface area (Å²) in [5.74, 6) is -0.200. The van der Waals surface area contributed by atoms with E-state index in [-0.39, 0.29) is 18.4 Å². The molecule has 0 aliphatic heterocycles. The van der Waals surface area contributed by atoms with Gasteiger partial charge in [-0.1, -0.05) is 43.3 Å². The Labute approximate surface area is 142 Å². The third-order valence-electron chi connectivity index (χ3n) is 3.45. The molecule has 0 aliphatic carbocycles. The van der Waals surface area contributed by atoms with Gasteiger partial charge in [0.1, 0.15) is 0 Å². The molecule has 0 saturated heterocycles. The van der Waals surface area contributed by atoms with Crippen LogP contribution < -0.4 is 16.0 Å². The van der Waals surface area contributed by atoms with E-state index in [1.807, 2.05) is 43.3 Å². The second kappa shape index (κ2) is 9.35. The zero-order valence-corrected chi connectivity index (χ0v) is 13.8. The first-order chi connectivity index (χ1) is 11.7. The summed E-state index contributed by atoms with van der Waals surface area (Å²) in [5.41, 5.74) is 2.38. The van der Waals surface area contributed by atoms with E-state index < -0.39 is 0 Å². The molecule has 5 heteroatoms. The van der Waals surface area contributed by atoms with E-state index in [1.54, 1.807) is 18.2 Å². The third kappa shape index (κ3) is 5.76. The van der Waals surface area contributed by atoms with Crippen molar-refractivity contribution < 1.29 is 9.59 Å². The molecule has 3 N–H and O–H groups in total. The summed E-state index contributed by atoms with van der Waals surface area (Å²) in [7, 11) is 0. The van der Waals surface area contributed by atoms with Gasteiger partial charge in [0, 0.05) is 24.3 Å². The quantitative estimate of drug-likeness (QED) is 0.698. The van der Waals surface area contributed by atoms with Gasteiger partial charge >= 0.3 is 0 Å². The molecular formula is C19H23N3O2. The minimum absolute atomic E-state index is 0.0975. The number of carbonyl (C=O) groups excluding carboxylic acids is 2. The second-order valence-corrected chi connectivity index (χ2v) is 5.45.